The van der Waals surface area contributed by atoms with Gasteiger partial charge in [0.05, 0.1) is 6.26 Å². The molecule has 1 saturated heterocycles. The summed E-state index contributed by atoms with van der Waals surface area (Å²) in [5, 5.41) is 0. The van der Waals surface area contributed by atoms with Gasteiger partial charge in [-0.05, 0) is 24.5 Å². The lowest BCUT2D eigenvalue weighted by Crippen LogP contribution is -2.26. The summed E-state index contributed by atoms with van der Waals surface area (Å²) in [7, 11) is 0. The second-order valence-corrected chi connectivity index (χ2v) is 4.56. The summed E-state index contributed by atoms with van der Waals surface area (Å²) in [5.74, 6) is 2.16. The number of furan rings is 1. The van der Waals surface area contributed by atoms with E-state index in [-0.39, 0.29) is 5.91 Å². The van der Waals surface area contributed by atoms with E-state index >= 15 is 0 Å². The maximum absolute atomic E-state index is 11.6. The zero-order chi connectivity index (χ0) is 11.4. The summed E-state index contributed by atoms with van der Waals surface area (Å²) >= 11 is 5.76. The molecule has 1 atom stereocenters. The monoisotopic (exact) mass is 241 g/mol. The van der Waals surface area contributed by atoms with Crippen molar-refractivity contribution in [1.82, 2.24) is 4.90 Å². The number of carbonyl (C=O) groups is 1. The number of alkyl halides is 1. The van der Waals surface area contributed by atoms with Crippen molar-refractivity contribution in [3.8, 4) is 0 Å². The van der Waals surface area contributed by atoms with E-state index in [9.17, 15) is 4.79 Å². The highest BCUT2D eigenvalue weighted by Gasteiger charge is 2.28. The molecule has 1 aromatic rings. The fourth-order valence-electron chi connectivity index (χ4n) is 2.07. The molecule has 1 unspecified atom stereocenters. The van der Waals surface area contributed by atoms with Gasteiger partial charge in [-0.25, -0.2) is 0 Å². The Labute approximate surface area is 100 Å². The molecule has 0 radical (unpaired) electrons. The minimum Gasteiger partial charge on any atom is -0.469 e. The molecule has 1 fully saturated rings. The first-order valence-electron chi connectivity index (χ1n) is 5.65. The van der Waals surface area contributed by atoms with Crippen LogP contribution in [-0.4, -0.2) is 29.8 Å². The van der Waals surface area contributed by atoms with Crippen LogP contribution in [0.2, 0.25) is 0 Å². The average molecular weight is 242 g/mol. The predicted molar refractivity (Wildman–Crippen MR) is 62.4 cm³/mol. The molecule has 16 heavy (non-hydrogen) atoms. The molecular formula is C12H16ClNO2. The quantitative estimate of drug-likeness (QED) is 0.742. The van der Waals surface area contributed by atoms with Crippen LogP contribution >= 0.6 is 11.6 Å². The van der Waals surface area contributed by atoms with Gasteiger partial charge in [0.1, 0.15) is 5.76 Å². The lowest BCUT2D eigenvalue weighted by atomic mass is 10.1. The van der Waals surface area contributed by atoms with Crippen molar-refractivity contribution in [2.24, 2.45) is 5.92 Å². The van der Waals surface area contributed by atoms with E-state index in [1.807, 2.05) is 17.0 Å². The number of likely N-dealkylation sites (tertiary alicyclic amines) is 1. The first-order valence-corrected chi connectivity index (χ1v) is 6.19. The molecule has 0 N–H and O–H groups in total. The molecule has 4 heteroatoms. The molecule has 1 amide bonds. The molecule has 0 saturated carbocycles. The Hall–Kier alpha value is -0.960. The Bertz CT molecular complexity index is 337. The standard InChI is InChI=1S/C12H16ClNO2/c13-8-10-7-12(15)14(9-10)5-1-3-11-4-2-6-16-11/h2,4,6,10H,1,3,5,7-9H2. The molecule has 88 valence electrons. The lowest BCUT2D eigenvalue weighted by molar-refractivity contribution is -0.127. The van der Waals surface area contributed by atoms with Gasteiger partial charge in [0, 0.05) is 31.8 Å². The molecule has 1 aliphatic rings. The Balaban J connectivity index is 1.72. The van der Waals surface area contributed by atoms with E-state index in [1.54, 1.807) is 6.26 Å². The van der Waals surface area contributed by atoms with E-state index in [2.05, 4.69) is 0 Å². The zero-order valence-corrected chi connectivity index (χ0v) is 9.95. The summed E-state index contributed by atoms with van der Waals surface area (Å²) < 4.78 is 5.24. The highest BCUT2D eigenvalue weighted by atomic mass is 35.5. The van der Waals surface area contributed by atoms with Gasteiger partial charge < -0.3 is 9.32 Å². The van der Waals surface area contributed by atoms with E-state index < -0.39 is 0 Å². The topological polar surface area (TPSA) is 33.5 Å². The minimum atomic E-state index is 0.241. The van der Waals surface area contributed by atoms with E-state index in [1.165, 1.54) is 0 Å². The fourth-order valence-corrected chi connectivity index (χ4v) is 2.28. The number of rotatable bonds is 5. The van der Waals surface area contributed by atoms with Gasteiger partial charge in [-0.15, -0.1) is 11.6 Å². The van der Waals surface area contributed by atoms with Crippen molar-refractivity contribution in [2.75, 3.05) is 19.0 Å². The van der Waals surface area contributed by atoms with Crippen LogP contribution in [0.15, 0.2) is 22.8 Å². The van der Waals surface area contributed by atoms with Crippen LogP contribution in [0.5, 0.6) is 0 Å². The Kier molecular flexibility index (Phi) is 3.88. The molecule has 1 aromatic heterocycles. The molecule has 0 spiro atoms. The van der Waals surface area contributed by atoms with Crippen molar-refractivity contribution < 1.29 is 9.21 Å². The second kappa shape index (κ2) is 5.39. The van der Waals surface area contributed by atoms with Crippen molar-refractivity contribution in [3.05, 3.63) is 24.2 Å². The van der Waals surface area contributed by atoms with Crippen molar-refractivity contribution in [3.63, 3.8) is 0 Å². The van der Waals surface area contributed by atoms with Gasteiger partial charge in [0.2, 0.25) is 5.91 Å². The number of carbonyl (C=O) groups excluding carboxylic acids is 1. The van der Waals surface area contributed by atoms with Crippen LogP contribution in [0.3, 0.4) is 0 Å². The summed E-state index contributed by atoms with van der Waals surface area (Å²) in [6, 6.07) is 3.85. The van der Waals surface area contributed by atoms with Crippen molar-refractivity contribution in [1.29, 1.82) is 0 Å². The number of amides is 1. The number of hydrogen-bond acceptors (Lipinski definition) is 2. The molecule has 0 aliphatic carbocycles. The molecule has 3 nitrogen and oxygen atoms in total. The van der Waals surface area contributed by atoms with Gasteiger partial charge in [-0.2, -0.15) is 0 Å². The normalized spacial score (nSPS) is 20.7. The minimum absolute atomic E-state index is 0.241. The van der Waals surface area contributed by atoms with Gasteiger partial charge in [0.15, 0.2) is 0 Å². The summed E-state index contributed by atoms with van der Waals surface area (Å²) in [5.41, 5.74) is 0. The van der Waals surface area contributed by atoms with Crippen LogP contribution in [-0.2, 0) is 11.2 Å². The first kappa shape index (κ1) is 11.5. The van der Waals surface area contributed by atoms with Crippen LogP contribution in [0.25, 0.3) is 0 Å². The number of hydrogen-bond donors (Lipinski definition) is 0. The van der Waals surface area contributed by atoms with Gasteiger partial charge >= 0.3 is 0 Å². The van der Waals surface area contributed by atoms with E-state index in [0.717, 1.165) is 31.7 Å². The molecular weight excluding hydrogens is 226 g/mol. The SMILES string of the molecule is O=C1CC(CCl)CN1CCCc1ccco1. The highest BCUT2D eigenvalue weighted by Crippen LogP contribution is 2.19. The third-order valence-electron chi connectivity index (χ3n) is 2.94. The molecule has 0 aromatic carbocycles. The summed E-state index contributed by atoms with van der Waals surface area (Å²) in [4.78, 5) is 13.5. The van der Waals surface area contributed by atoms with E-state index in [4.69, 9.17) is 16.0 Å². The maximum Gasteiger partial charge on any atom is 0.222 e. The van der Waals surface area contributed by atoms with Crippen LogP contribution in [0.4, 0.5) is 0 Å². The molecule has 1 aliphatic heterocycles. The van der Waals surface area contributed by atoms with Crippen LogP contribution < -0.4 is 0 Å². The maximum atomic E-state index is 11.6. The highest BCUT2D eigenvalue weighted by molar-refractivity contribution is 6.18. The Morgan fingerprint density at radius 1 is 1.56 bits per heavy atom. The third kappa shape index (κ3) is 2.79. The van der Waals surface area contributed by atoms with Gasteiger partial charge in [-0.1, -0.05) is 0 Å². The smallest absolute Gasteiger partial charge is 0.222 e. The van der Waals surface area contributed by atoms with Gasteiger partial charge in [-0.3, -0.25) is 4.79 Å². The lowest BCUT2D eigenvalue weighted by Gasteiger charge is -2.15. The molecule has 0 bridgehead atoms. The summed E-state index contributed by atoms with van der Waals surface area (Å²) in [6.07, 6.45) is 4.14. The zero-order valence-electron chi connectivity index (χ0n) is 9.19. The number of halogens is 1. The van der Waals surface area contributed by atoms with Crippen LogP contribution in [0, 0.1) is 5.92 Å². The van der Waals surface area contributed by atoms with Gasteiger partial charge in [0.25, 0.3) is 0 Å². The molecule has 2 rings (SSSR count). The largest absolute Gasteiger partial charge is 0.469 e. The number of aryl methyl sites for hydroxylation is 1. The Morgan fingerprint density at radius 2 is 2.44 bits per heavy atom. The predicted octanol–water partition coefficient (Wildman–Crippen LogP) is 2.30. The van der Waals surface area contributed by atoms with Crippen molar-refractivity contribution in [2.45, 2.75) is 19.3 Å². The Morgan fingerprint density at radius 3 is 3.06 bits per heavy atom. The second-order valence-electron chi connectivity index (χ2n) is 4.25. The molecule has 2 heterocycles. The van der Waals surface area contributed by atoms with Crippen molar-refractivity contribution >= 4 is 17.5 Å². The summed E-state index contributed by atoms with van der Waals surface area (Å²) in [6.45, 7) is 1.63. The third-order valence-corrected chi connectivity index (χ3v) is 3.38. The van der Waals surface area contributed by atoms with Crippen LogP contribution in [0.1, 0.15) is 18.6 Å². The number of nitrogens with zero attached hydrogens (tertiary/aromatic N) is 1. The average Bonchev–Trinajstić information content (AvgIpc) is 2.89. The first-order chi connectivity index (χ1) is 7.79. The van der Waals surface area contributed by atoms with E-state index in [0.29, 0.717) is 18.2 Å². The fraction of sp³-hybridized carbons (Fsp3) is 0.583.